The van der Waals surface area contributed by atoms with Crippen molar-refractivity contribution >= 4 is 5.95 Å². The minimum absolute atomic E-state index is 0.0847. The summed E-state index contributed by atoms with van der Waals surface area (Å²) in [5.74, 6) is 1.05. The molecule has 12 heavy (non-hydrogen) atoms. The van der Waals surface area contributed by atoms with Crippen molar-refractivity contribution in [3.8, 4) is 0 Å². The van der Waals surface area contributed by atoms with Crippen molar-refractivity contribution in [1.29, 1.82) is 0 Å². The number of aryl methyl sites for hydroxylation is 1. The second-order valence-corrected chi connectivity index (χ2v) is 2.85. The van der Waals surface area contributed by atoms with Crippen molar-refractivity contribution in [2.75, 3.05) is 5.73 Å². The predicted molar refractivity (Wildman–Crippen MR) is 47.3 cm³/mol. The Balaban J connectivity index is 2.74. The van der Waals surface area contributed by atoms with E-state index in [4.69, 9.17) is 11.5 Å². The Labute approximate surface area is 71.8 Å². The van der Waals surface area contributed by atoms with E-state index in [0.29, 0.717) is 11.8 Å². The zero-order valence-electron chi connectivity index (χ0n) is 7.49. The molecule has 0 fully saturated rings. The van der Waals surface area contributed by atoms with Gasteiger partial charge in [0.1, 0.15) is 0 Å². The summed E-state index contributed by atoms with van der Waals surface area (Å²) in [5.41, 5.74) is 11.3. The molecule has 68 valence electrons. The zero-order valence-corrected chi connectivity index (χ0v) is 7.49. The molecule has 0 aliphatic heterocycles. The molecule has 0 spiro atoms. The molecule has 1 aromatic heterocycles. The SMILES string of the molecule is CCC[C@H](N)c1nc(N)n(C)n1. The van der Waals surface area contributed by atoms with E-state index in [2.05, 4.69) is 17.0 Å². The van der Waals surface area contributed by atoms with Gasteiger partial charge in [-0.05, 0) is 6.42 Å². The molecule has 0 saturated carbocycles. The van der Waals surface area contributed by atoms with Crippen molar-refractivity contribution in [2.45, 2.75) is 25.8 Å². The Bertz CT molecular complexity index is 235. The molecular formula is C7H15N5. The molecule has 0 saturated heterocycles. The van der Waals surface area contributed by atoms with Gasteiger partial charge in [0, 0.05) is 7.05 Å². The van der Waals surface area contributed by atoms with Crippen LogP contribution in [0.1, 0.15) is 31.6 Å². The molecule has 5 heteroatoms. The quantitative estimate of drug-likeness (QED) is 0.677. The number of hydrogen-bond donors (Lipinski definition) is 2. The van der Waals surface area contributed by atoms with E-state index in [1.807, 2.05) is 0 Å². The monoisotopic (exact) mass is 169 g/mol. The number of aromatic nitrogens is 3. The van der Waals surface area contributed by atoms with Gasteiger partial charge in [-0.3, -0.25) is 0 Å². The summed E-state index contributed by atoms with van der Waals surface area (Å²) in [4.78, 5) is 4.03. The van der Waals surface area contributed by atoms with E-state index in [9.17, 15) is 0 Å². The van der Waals surface area contributed by atoms with Crippen LogP contribution in [0.2, 0.25) is 0 Å². The predicted octanol–water partition coefficient (Wildman–Crippen LogP) is 0.197. The third-order valence-electron chi connectivity index (χ3n) is 1.74. The van der Waals surface area contributed by atoms with Crippen LogP contribution in [0.3, 0.4) is 0 Å². The Morgan fingerprint density at radius 1 is 1.58 bits per heavy atom. The van der Waals surface area contributed by atoms with Gasteiger partial charge in [0.25, 0.3) is 0 Å². The lowest BCUT2D eigenvalue weighted by molar-refractivity contribution is 0.593. The van der Waals surface area contributed by atoms with E-state index in [1.165, 1.54) is 4.68 Å². The van der Waals surface area contributed by atoms with Gasteiger partial charge in [-0.1, -0.05) is 13.3 Å². The molecule has 1 heterocycles. The van der Waals surface area contributed by atoms with Gasteiger partial charge >= 0.3 is 0 Å². The van der Waals surface area contributed by atoms with E-state index in [-0.39, 0.29) is 6.04 Å². The van der Waals surface area contributed by atoms with Crippen molar-refractivity contribution in [2.24, 2.45) is 12.8 Å². The first kappa shape index (κ1) is 8.99. The lowest BCUT2D eigenvalue weighted by Crippen LogP contribution is -2.11. The molecule has 0 aliphatic carbocycles. The largest absolute Gasteiger partial charge is 0.368 e. The minimum atomic E-state index is -0.0847. The molecule has 0 aliphatic rings. The van der Waals surface area contributed by atoms with E-state index in [0.717, 1.165) is 12.8 Å². The number of rotatable bonds is 3. The summed E-state index contributed by atoms with van der Waals surface area (Å²) in [7, 11) is 1.75. The van der Waals surface area contributed by atoms with Crippen LogP contribution < -0.4 is 11.5 Å². The van der Waals surface area contributed by atoms with Gasteiger partial charge in [-0.2, -0.15) is 10.1 Å². The molecule has 0 aromatic carbocycles. The highest BCUT2D eigenvalue weighted by Gasteiger charge is 2.11. The highest BCUT2D eigenvalue weighted by molar-refractivity contribution is 5.16. The molecule has 0 radical (unpaired) electrons. The third kappa shape index (κ3) is 1.73. The Kier molecular flexibility index (Phi) is 2.65. The first-order valence-corrected chi connectivity index (χ1v) is 4.07. The van der Waals surface area contributed by atoms with Gasteiger partial charge in [-0.15, -0.1) is 0 Å². The molecule has 5 nitrogen and oxygen atoms in total. The molecule has 1 aromatic rings. The lowest BCUT2D eigenvalue weighted by Gasteiger charge is -2.03. The fourth-order valence-electron chi connectivity index (χ4n) is 1.01. The van der Waals surface area contributed by atoms with Crippen LogP contribution in [0.25, 0.3) is 0 Å². The van der Waals surface area contributed by atoms with Gasteiger partial charge in [-0.25, -0.2) is 4.68 Å². The summed E-state index contributed by atoms with van der Waals surface area (Å²) in [6, 6.07) is -0.0847. The van der Waals surface area contributed by atoms with Gasteiger partial charge in [0.15, 0.2) is 5.82 Å². The third-order valence-corrected chi connectivity index (χ3v) is 1.74. The molecule has 1 atom stereocenters. The average Bonchev–Trinajstić information content (AvgIpc) is 2.33. The van der Waals surface area contributed by atoms with Crippen LogP contribution >= 0.6 is 0 Å². The normalized spacial score (nSPS) is 13.2. The van der Waals surface area contributed by atoms with Gasteiger partial charge in [0.2, 0.25) is 5.95 Å². The Morgan fingerprint density at radius 2 is 2.25 bits per heavy atom. The number of hydrogen-bond acceptors (Lipinski definition) is 4. The zero-order chi connectivity index (χ0) is 9.14. The average molecular weight is 169 g/mol. The van der Waals surface area contributed by atoms with Crippen LogP contribution in [0.5, 0.6) is 0 Å². The van der Waals surface area contributed by atoms with Gasteiger partial charge in [0.05, 0.1) is 6.04 Å². The van der Waals surface area contributed by atoms with Crippen LogP contribution in [0.4, 0.5) is 5.95 Å². The summed E-state index contributed by atoms with van der Waals surface area (Å²) >= 11 is 0. The topological polar surface area (TPSA) is 82.7 Å². The van der Waals surface area contributed by atoms with E-state index >= 15 is 0 Å². The summed E-state index contributed by atoms with van der Waals surface area (Å²) in [5, 5.41) is 4.08. The maximum Gasteiger partial charge on any atom is 0.218 e. The maximum atomic E-state index is 5.79. The standard InChI is InChI=1S/C7H15N5/c1-3-4-5(8)6-10-7(9)12(2)11-6/h5H,3-4,8H2,1-2H3,(H2,9,10,11)/t5-/m0/s1. The number of nitrogens with two attached hydrogens (primary N) is 2. The van der Waals surface area contributed by atoms with Crippen molar-refractivity contribution < 1.29 is 0 Å². The Hall–Kier alpha value is -1.10. The first-order chi connectivity index (χ1) is 5.65. The summed E-state index contributed by atoms with van der Waals surface area (Å²) in [6.07, 6.45) is 1.92. The van der Waals surface area contributed by atoms with Crippen LogP contribution in [-0.4, -0.2) is 14.8 Å². The van der Waals surface area contributed by atoms with Crippen LogP contribution in [0, 0.1) is 0 Å². The molecule has 1 rings (SSSR count). The molecule has 4 N–H and O–H groups in total. The molecule has 0 bridgehead atoms. The fourth-order valence-corrected chi connectivity index (χ4v) is 1.01. The van der Waals surface area contributed by atoms with E-state index < -0.39 is 0 Å². The number of nitrogens with zero attached hydrogens (tertiary/aromatic N) is 3. The Morgan fingerprint density at radius 3 is 2.67 bits per heavy atom. The lowest BCUT2D eigenvalue weighted by atomic mass is 10.2. The summed E-state index contributed by atoms with van der Waals surface area (Å²) in [6.45, 7) is 2.08. The smallest absolute Gasteiger partial charge is 0.218 e. The second kappa shape index (κ2) is 3.53. The fraction of sp³-hybridized carbons (Fsp3) is 0.714. The summed E-state index contributed by atoms with van der Waals surface area (Å²) < 4.78 is 1.53. The second-order valence-electron chi connectivity index (χ2n) is 2.85. The minimum Gasteiger partial charge on any atom is -0.368 e. The van der Waals surface area contributed by atoms with Crippen molar-refractivity contribution in [3.63, 3.8) is 0 Å². The van der Waals surface area contributed by atoms with Crippen LogP contribution in [0.15, 0.2) is 0 Å². The first-order valence-electron chi connectivity index (χ1n) is 4.07. The molecule has 0 unspecified atom stereocenters. The van der Waals surface area contributed by atoms with Crippen molar-refractivity contribution in [3.05, 3.63) is 5.82 Å². The number of anilines is 1. The maximum absolute atomic E-state index is 5.79. The van der Waals surface area contributed by atoms with E-state index in [1.54, 1.807) is 7.05 Å². The molecular weight excluding hydrogens is 154 g/mol. The highest BCUT2D eigenvalue weighted by Crippen LogP contribution is 2.11. The molecule has 0 amide bonds. The van der Waals surface area contributed by atoms with Crippen molar-refractivity contribution in [1.82, 2.24) is 14.8 Å². The van der Waals surface area contributed by atoms with Gasteiger partial charge < -0.3 is 11.5 Å². The number of nitrogen functional groups attached to an aromatic ring is 1. The van der Waals surface area contributed by atoms with Crippen LogP contribution in [-0.2, 0) is 7.05 Å². The highest BCUT2D eigenvalue weighted by atomic mass is 15.4.